The first-order valence-corrected chi connectivity index (χ1v) is 7.45. The van der Waals surface area contributed by atoms with Crippen LogP contribution in [0.25, 0.3) is 0 Å². The Morgan fingerprint density at radius 1 is 1.42 bits per heavy atom. The number of carbonyl (C=O) groups is 1. The minimum atomic E-state index is -3.62. The Morgan fingerprint density at radius 3 is 2.74 bits per heavy atom. The van der Waals surface area contributed by atoms with Crippen molar-refractivity contribution in [3.63, 3.8) is 0 Å². The molecule has 0 spiro atoms. The highest BCUT2D eigenvalue weighted by Gasteiger charge is 2.30. The van der Waals surface area contributed by atoms with Crippen LogP contribution in [0.3, 0.4) is 0 Å². The Balaban J connectivity index is 2.36. The summed E-state index contributed by atoms with van der Waals surface area (Å²) in [5.41, 5.74) is 7.06. The normalized spacial score (nSPS) is 17.3. The maximum Gasteiger partial charge on any atom is 0.243 e. The number of carbonyl (C=O) groups excluding carboxylic acids is 1. The van der Waals surface area contributed by atoms with Crippen LogP contribution in [-0.2, 0) is 21.4 Å². The second kappa shape index (κ2) is 5.28. The predicted molar refractivity (Wildman–Crippen MR) is 70.8 cm³/mol. The van der Waals surface area contributed by atoms with Crippen LogP contribution in [0.2, 0.25) is 0 Å². The first kappa shape index (κ1) is 14.0. The molecule has 1 fully saturated rings. The highest BCUT2D eigenvalue weighted by molar-refractivity contribution is 7.89. The molecular formula is C12H17N3O3S. The predicted octanol–water partition coefficient (Wildman–Crippen LogP) is -0.426. The fourth-order valence-electron chi connectivity index (χ4n) is 2.09. The molecule has 2 rings (SSSR count). The lowest BCUT2D eigenvalue weighted by molar-refractivity contribution is -0.122. The molecular weight excluding hydrogens is 266 g/mol. The van der Waals surface area contributed by atoms with Gasteiger partial charge in [-0.25, -0.2) is 8.42 Å². The average molecular weight is 283 g/mol. The van der Waals surface area contributed by atoms with E-state index in [1.807, 2.05) is 0 Å². The zero-order chi connectivity index (χ0) is 14.0. The molecule has 0 radical (unpaired) electrons. The van der Waals surface area contributed by atoms with Gasteiger partial charge in [0.25, 0.3) is 0 Å². The van der Waals surface area contributed by atoms with Crippen molar-refractivity contribution in [2.45, 2.75) is 18.4 Å². The van der Waals surface area contributed by atoms with E-state index in [9.17, 15) is 13.2 Å². The van der Waals surface area contributed by atoms with Crippen LogP contribution >= 0.6 is 0 Å². The summed E-state index contributed by atoms with van der Waals surface area (Å²) < 4.78 is 26.1. The van der Waals surface area contributed by atoms with Crippen molar-refractivity contribution < 1.29 is 13.2 Å². The van der Waals surface area contributed by atoms with E-state index in [1.54, 1.807) is 25.1 Å². The quantitative estimate of drug-likeness (QED) is 0.787. The Labute approximate surface area is 112 Å². The standard InChI is InChI=1S/C12H17N3O3S/c1-9-6-10(7-13)2-3-11(9)19(17,18)15-5-4-14-12(16)8-15/h2-3,6H,4-5,7-8,13H2,1H3,(H,14,16). The largest absolute Gasteiger partial charge is 0.354 e. The van der Waals surface area contributed by atoms with E-state index in [0.29, 0.717) is 25.2 Å². The summed E-state index contributed by atoms with van der Waals surface area (Å²) in [6.45, 7) is 2.62. The van der Waals surface area contributed by atoms with E-state index < -0.39 is 10.0 Å². The molecule has 1 aromatic rings. The number of sulfonamides is 1. The van der Waals surface area contributed by atoms with E-state index in [2.05, 4.69) is 5.32 Å². The smallest absolute Gasteiger partial charge is 0.243 e. The van der Waals surface area contributed by atoms with E-state index in [1.165, 1.54) is 4.31 Å². The molecule has 0 aromatic heterocycles. The van der Waals surface area contributed by atoms with Gasteiger partial charge < -0.3 is 11.1 Å². The molecule has 1 aliphatic rings. The van der Waals surface area contributed by atoms with Crippen molar-refractivity contribution in [2.75, 3.05) is 19.6 Å². The summed E-state index contributed by atoms with van der Waals surface area (Å²) in [6.07, 6.45) is 0. The summed E-state index contributed by atoms with van der Waals surface area (Å²) in [5, 5.41) is 2.61. The highest BCUT2D eigenvalue weighted by atomic mass is 32.2. The zero-order valence-electron chi connectivity index (χ0n) is 10.7. The van der Waals surface area contributed by atoms with Crippen LogP contribution in [0.1, 0.15) is 11.1 Å². The van der Waals surface area contributed by atoms with Gasteiger partial charge in [-0.2, -0.15) is 4.31 Å². The number of piperazine rings is 1. The molecule has 7 heteroatoms. The number of hydrogen-bond acceptors (Lipinski definition) is 4. The van der Waals surface area contributed by atoms with Crippen molar-refractivity contribution >= 4 is 15.9 Å². The summed E-state index contributed by atoms with van der Waals surface area (Å²) in [5.74, 6) is -0.272. The number of hydrogen-bond donors (Lipinski definition) is 2. The summed E-state index contributed by atoms with van der Waals surface area (Å²) in [7, 11) is -3.62. The molecule has 0 saturated carbocycles. The molecule has 3 N–H and O–H groups in total. The Bertz CT molecular complexity index is 598. The molecule has 1 aliphatic heterocycles. The van der Waals surface area contributed by atoms with Gasteiger partial charge in [-0.15, -0.1) is 0 Å². The average Bonchev–Trinajstić information content (AvgIpc) is 2.38. The van der Waals surface area contributed by atoms with Crippen LogP contribution in [-0.4, -0.2) is 38.3 Å². The van der Waals surface area contributed by atoms with E-state index in [0.717, 1.165) is 5.56 Å². The van der Waals surface area contributed by atoms with Crippen LogP contribution in [0.15, 0.2) is 23.1 Å². The second-order valence-corrected chi connectivity index (χ2v) is 6.40. The number of nitrogens with two attached hydrogens (primary N) is 1. The van der Waals surface area contributed by atoms with Crippen LogP contribution < -0.4 is 11.1 Å². The fourth-order valence-corrected chi connectivity index (χ4v) is 3.69. The lowest BCUT2D eigenvalue weighted by Crippen LogP contribution is -2.49. The molecule has 1 aromatic carbocycles. The SMILES string of the molecule is Cc1cc(CN)ccc1S(=O)(=O)N1CCNC(=O)C1. The van der Waals surface area contributed by atoms with Gasteiger partial charge in [0.2, 0.25) is 15.9 Å². The molecule has 1 amide bonds. The minimum absolute atomic E-state index is 0.125. The minimum Gasteiger partial charge on any atom is -0.354 e. The molecule has 6 nitrogen and oxygen atoms in total. The van der Waals surface area contributed by atoms with Crippen molar-refractivity contribution in [3.05, 3.63) is 29.3 Å². The monoisotopic (exact) mass is 283 g/mol. The number of rotatable bonds is 3. The molecule has 104 valence electrons. The summed E-state index contributed by atoms with van der Waals surface area (Å²) in [6, 6.07) is 5.01. The van der Waals surface area contributed by atoms with Crippen LogP contribution in [0, 0.1) is 6.92 Å². The van der Waals surface area contributed by atoms with Gasteiger partial charge in [-0.05, 0) is 24.1 Å². The third kappa shape index (κ3) is 2.78. The van der Waals surface area contributed by atoms with Gasteiger partial charge in [0.05, 0.1) is 11.4 Å². The zero-order valence-corrected chi connectivity index (χ0v) is 11.5. The Hall–Kier alpha value is -1.44. The number of nitrogens with zero attached hydrogens (tertiary/aromatic N) is 1. The molecule has 0 unspecified atom stereocenters. The molecule has 0 aliphatic carbocycles. The van der Waals surface area contributed by atoms with Gasteiger partial charge >= 0.3 is 0 Å². The third-order valence-electron chi connectivity index (χ3n) is 3.10. The number of aryl methyl sites for hydroxylation is 1. The van der Waals surface area contributed by atoms with Gasteiger partial charge in [0, 0.05) is 19.6 Å². The van der Waals surface area contributed by atoms with Crippen LogP contribution in [0.5, 0.6) is 0 Å². The Morgan fingerprint density at radius 2 is 2.16 bits per heavy atom. The lowest BCUT2D eigenvalue weighted by atomic mass is 10.1. The fraction of sp³-hybridized carbons (Fsp3) is 0.417. The third-order valence-corrected chi connectivity index (χ3v) is 5.10. The molecule has 0 atom stereocenters. The van der Waals surface area contributed by atoms with Crippen molar-refractivity contribution in [3.8, 4) is 0 Å². The first-order valence-electron chi connectivity index (χ1n) is 6.01. The van der Waals surface area contributed by atoms with Gasteiger partial charge in [-0.3, -0.25) is 4.79 Å². The second-order valence-electron chi connectivity index (χ2n) is 4.49. The number of benzene rings is 1. The van der Waals surface area contributed by atoms with Crippen molar-refractivity contribution in [1.82, 2.24) is 9.62 Å². The molecule has 1 heterocycles. The van der Waals surface area contributed by atoms with E-state index >= 15 is 0 Å². The molecule has 19 heavy (non-hydrogen) atoms. The van der Waals surface area contributed by atoms with E-state index in [4.69, 9.17) is 5.73 Å². The van der Waals surface area contributed by atoms with Crippen molar-refractivity contribution in [2.24, 2.45) is 5.73 Å². The first-order chi connectivity index (χ1) is 8.95. The Kier molecular flexibility index (Phi) is 3.88. The van der Waals surface area contributed by atoms with E-state index in [-0.39, 0.29) is 17.3 Å². The molecule has 0 bridgehead atoms. The maximum atomic E-state index is 12.5. The number of nitrogens with one attached hydrogen (secondary N) is 1. The maximum absolute atomic E-state index is 12.5. The van der Waals surface area contributed by atoms with Crippen LogP contribution in [0.4, 0.5) is 0 Å². The lowest BCUT2D eigenvalue weighted by Gasteiger charge is -2.26. The summed E-state index contributed by atoms with van der Waals surface area (Å²) in [4.78, 5) is 11.5. The van der Waals surface area contributed by atoms with Crippen molar-refractivity contribution in [1.29, 1.82) is 0 Å². The number of amides is 1. The summed E-state index contributed by atoms with van der Waals surface area (Å²) >= 11 is 0. The van der Waals surface area contributed by atoms with Gasteiger partial charge in [-0.1, -0.05) is 12.1 Å². The van der Waals surface area contributed by atoms with Gasteiger partial charge in [0.15, 0.2) is 0 Å². The molecule has 1 saturated heterocycles. The topological polar surface area (TPSA) is 92.5 Å². The highest BCUT2D eigenvalue weighted by Crippen LogP contribution is 2.21. The van der Waals surface area contributed by atoms with Gasteiger partial charge in [0.1, 0.15) is 0 Å².